The molecule has 6 nitrogen and oxygen atoms in total. The number of hydrogen-bond donors (Lipinski definition) is 2. The van der Waals surface area contributed by atoms with E-state index in [9.17, 15) is 44.3 Å². The predicted molar refractivity (Wildman–Crippen MR) is 109 cm³/mol. The lowest BCUT2D eigenvalue weighted by molar-refractivity contribution is -0.141. The van der Waals surface area contributed by atoms with Gasteiger partial charge >= 0.3 is 12.4 Å². The van der Waals surface area contributed by atoms with E-state index >= 15 is 0 Å². The minimum Gasteiger partial charge on any atom is -0.341 e. The predicted octanol–water partition coefficient (Wildman–Crippen LogP) is 4.16. The van der Waals surface area contributed by atoms with E-state index in [0.29, 0.717) is 12.1 Å². The van der Waals surface area contributed by atoms with Crippen molar-refractivity contribution < 1.29 is 39.6 Å². The number of hydrogen-bond acceptors (Lipinski definition) is 4. The highest BCUT2D eigenvalue weighted by Gasteiger charge is 2.38. The van der Waals surface area contributed by atoms with Crippen LogP contribution < -0.4 is 10.9 Å². The van der Waals surface area contributed by atoms with Crippen LogP contribution in [0.3, 0.4) is 0 Å². The van der Waals surface area contributed by atoms with Crippen LogP contribution in [0.25, 0.3) is 0 Å². The lowest BCUT2D eigenvalue weighted by Gasteiger charge is -2.29. The van der Waals surface area contributed by atoms with Crippen LogP contribution >= 0.6 is 0 Å². The van der Waals surface area contributed by atoms with Crippen molar-refractivity contribution in [1.29, 1.82) is 0 Å². The number of sulfone groups is 1. The van der Waals surface area contributed by atoms with Crippen molar-refractivity contribution in [3.63, 3.8) is 0 Å². The van der Waals surface area contributed by atoms with Gasteiger partial charge in [-0.1, -0.05) is 30.3 Å². The SMILES string of the molecule is O=C(NC1c2ccccc2S(=O)(=O)c2ccc(CC(F)(F)F)cc21)c1ccc(C(F)(F)F)[nH]c1=O. The van der Waals surface area contributed by atoms with E-state index in [2.05, 4.69) is 5.32 Å². The van der Waals surface area contributed by atoms with Crippen LogP contribution in [0, 0.1) is 0 Å². The molecule has 0 spiro atoms. The molecule has 2 heterocycles. The number of alkyl halides is 6. The minimum absolute atomic E-state index is 0.0286. The molecule has 2 N–H and O–H groups in total. The van der Waals surface area contributed by atoms with E-state index in [4.69, 9.17) is 0 Å². The molecular formula is C22H14F6N2O4S. The maximum atomic E-state index is 13.1. The van der Waals surface area contributed by atoms with E-state index in [-0.39, 0.29) is 26.5 Å². The number of benzene rings is 2. The van der Waals surface area contributed by atoms with Gasteiger partial charge in [-0.3, -0.25) is 9.59 Å². The van der Waals surface area contributed by atoms with Gasteiger partial charge < -0.3 is 10.3 Å². The van der Waals surface area contributed by atoms with Crippen LogP contribution in [-0.4, -0.2) is 25.5 Å². The second kappa shape index (κ2) is 8.26. The van der Waals surface area contributed by atoms with Crippen LogP contribution in [0.5, 0.6) is 0 Å². The van der Waals surface area contributed by atoms with Crippen molar-refractivity contribution in [3.05, 3.63) is 92.9 Å². The second-order valence-corrected chi connectivity index (χ2v) is 9.61. The first-order valence-electron chi connectivity index (χ1n) is 9.83. The number of amides is 1. The Bertz CT molecular complexity index is 1490. The molecule has 0 saturated carbocycles. The van der Waals surface area contributed by atoms with E-state index in [1.165, 1.54) is 24.3 Å². The molecule has 13 heteroatoms. The first-order chi connectivity index (χ1) is 16.2. The van der Waals surface area contributed by atoms with Gasteiger partial charge in [0.15, 0.2) is 0 Å². The number of rotatable bonds is 3. The van der Waals surface area contributed by atoms with Gasteiger partial charge in [-0.05, 0) is 41.0 Å². The Hall–Kier alpha value is -3.61. The number of aromatic nitrogens is 1. The lowest BCUT2D eigenvalue weighted by atomic mass is 9.95. The molecule has 1 unspecified atom stereocenters. The first kappa shape index (κ1) is 24.5. The molecule has 1 aliphatic rings. The highest BCUT2D eigenvalue weighted by molar-refractivity contribution is 7.91. The molecule has 0 radical (unpaired) electrons. The van der Waals surface area contributed by atoms with Crippen LogP contribution in [0.4, 0.5) is 26.3 Å². The lowest BCUT2D eigenvalue weighted by Crippen LogP contribution is -2.36. The topological polar surface area (TPSA) is 96.1 Å². The molecule has 1 aromatic heterocycles. The summed E-state index contributed by atoms with van der Waals surface area (Å²) < 4.78 is 103. The fourth-order valence-corrected chi connectivity index (χ4v) is 5.57. The second-order valence-electron chi connectivity index (χ2n) is 7.72. The molecular weight excluding hydrogens is 502 g/mol. The molecule has 184 valence electrons. The quantitative estimate of drug-likeness (QED) is 0.511. The highest BCUT2D eigenvalue weighted by Crippen LogP contribution is 2.41. The average Bonchev–Trinajstić information content (AvgIpc) is 2.74. The number of aromatic amines is 1. The molecule has 3 aromatic rings. The Morgan fingerprint density at radius 3 is 2.20 bits per heavy atom. The Morgan fingerprint density at radius 1 is 0.914 bits per heavy atom. The summed E-state index contributed by atoms with van der Waals surface area (Å²) in [5.74, 6) is -1.15. The number of H-pyrrole nitrogens is 1. The third-order valence-electron chi connectivity index (χ3n) is 5.33. The number of halogens is 6. The van der Waals surface area contributed by atoms with Crippen LogP contribution in [0.2, 0.25) is 0 Å². The number of nitrogens with one attached hydrogen (secondary N) is 2. The van der Waals surface area contributed by atoms with Crippen LogP contribution in [-0.2, 0) is 22.4 Å². The van der Waals surface area contributed by atoms with Crippen LogP contribution in [0.1, 0.15) is 38.8 Å². The molecule has 0 fully saturated rings. The Balaban J connectivity index is 1.81. The summed E-state index contributed by atoms with van der Waals surface area (Å²) >= 11 is 0. The van der Waals surface area contributed by atoms with Crippen molar-refractivity contribution in [2.24, 2.45) is 0 Å². The Kier molecular flexibility index (Phi) is 5.78. The molecule has 35 heavy (non-hydrogen) atoms. The minimum atomic E-state index is -4.86. The molecule has 1 aliphatic heterocycles. The van der Waals surface area contributed by atoms with Crippen molar-refractivity contribution in [3.8, 4) is 0 Å². The molecule has 0 saturated heterocycles. The van der Waals surface area contributed by atoms with Crippen molar-refractivity contribution in [1.82, 2.24) is 10.3 Å². The zero-order valence-electron chi connectivity index (χ0n) is 17.3. The van der Waals surface area contributed by atoms with E-state index in [1.807, 2.05) is 0 Å². The third-order valence-corrected chi connectivity index (χ3v) is 7.24. The van der Waals surface area contributed by atoms with Gasteiger partial charge in [-0.15, -0.1) is 0 Å². The molecule has 0 aliphatic carbocycles. The number of carbonyl (C=O) groups is 1. The van der Waals surface area contributed by atoms with Gasteiger partial charge in [0.25, 0.3) is 11.5 Å². The molecule has 0 bridgehead atoms. The number of carbonyl (C=O) groups excluding carboxylic acids is 1. The summed E-state index contributed by atoms with van der Waals surface area (Å²) in [5.41, 5.74) is -3.83. The fraction of sp³-hybridized carbons (Fsp3) is 0.182. The zero-order chi connectivity index (χ0) is 25.8. The maximum absolute atomic E-state index is 13.1. The van der Waals surface area contributed by atoms with Crippen molar-refractivity contribution in [2.45, 2.75) is 34.6 Å². The van der Waals surface area contributed by atoms with Gasteiger partial charge in [0.1, 0.15) is 11.3 Å². The smallest absolute Gasteiger partial charge is 0.341 e. The van der Waals surface area contributed by atoms with Gasteiger partial charge in [0.05, 0.1) is 22.3 Å². The maximum Gasteiger partial charge on any atom is 0.431 e. The Labute approximate surface area is 193 Å². The first-order valence-corrected chi connectivity index (χ1v) is 11.3. The summed E-state index contributed by atoms with van der Waals surface area (Å²) in [7, 11) is -4.15. The van der Waals surface area contributed by atoms with Crippen molar-refractivity contribution >= 4 is 15.7 Å². The number of fused-ring (bicyclic) bond motifs is 2. The summed E-state index contributed by atoms with van der Waals surface area (Å²) in [6.07, 6.45) is -10.8. The monoisotopic (exact) mass is 516 g/mol. The van der Waals surface area contributed by atoms with Gasteiger partial charge in [-0.2, -0.15) is 26.3 Å². The Morgan fingerprint density at radius 2 is 1.57 bits per heavy atom. The third kappa shape index (κ3) is 4.67. The van der Waals surface area contributed by atoms with Crippen molar-refractivity contribution in [2.75, 3.05) is 0 Å². The summed E-state index contributed by atoms with van der Waals surface area (Å²) in [4.78, 5) is 26.0. The summed E-state index contributed by atoms with van der Waals surface area (Å²) in [6.45, 7) is 0. The number of pyridine rings is 1. The standard InChI is InChI=1S/C22H14F6N2O4S/c23-21(24,25)10-11-5-7-16-14(9-11)18(12-3-1-2-4-15(12)35(16,33)34)30-20(32)13-6-8-17(22(26,27)28)29-19(13)31/h1-9,18H,10H2,(H,29,31)(H,30,32). The normalized spacial score (nSPS) is 16.8. The molecule has 1 atom stereocenters. The van der Waals surface area contributed by atoms with Gasteiger partial charge in [-0.25, -0.2) is 8.42 Å². The zero-order valence-corrected chi connectivity index (χ0v) is 18.1. The van der Waals surface area contributed by atoms with E-state index < -0.39 is 57.4 Å². The largest absolute Gasteiger partial charge is 0.431 e. The van der Waals surface area contributed by atoms with E-state index in [0.717, 1.165) is 18.2 Å². The summed E-state index contributed by atoms with van der Waals surface area (Å²) in [5, 5.41) is 2.39. The highest BCUT2D eigenvalue weighted by atomic mass is 32.2. The molecule has 1 amide bonds. The molecule has 4 rings (SSSR count). The van der Waals surface area contributed by atoms with Gasteiger partial charge in [0.2, 0.25) is 9.84 Å². The molecule has 2 aromatic carbocycles. The van der Waals surface area contributed by atoms with E-state index in [1.54, 1.807) is 4.98 Å². The van der Waals surface area contributed by atoms with Crippen LogP contribution in [0.15, 0.2) is 69.2 Å². The van der Waals surface area contributed by atoms with Gasteiger partial charge in [0, 0.05) is 0 Å². The average molecular weight is 516 g/mol. The summed E-state index contributed by atoms with van der Waals surface area (Å²) in [6, 6.07) is 8.32. The fourth-order valence-electron chi connectivity index (χ4n) is 3.84.